The van der Waals surface area contributed by atoms with Crippen molar-refractivity contribution in [3.63, 3.8) is 0 Å². The number of sulfonamides is 1. The smallest absolute Gasteiger partial charge is 0.343 e. The van der Waals surface area contributed by atoms with E-state index in [4.69, 9.17) is 16.3 Å². The average molecular weight is 387 g/mol. The molecule has 0 bridgehead atoms. The maximum atomic E-state index is 13.1. The van der Waals surface area contributed by atoms with Crippen molar-refractivity contribution in [3.05, 3.63) is 39.5 Å². The lowest BCUT2D eigenvalue weighted by molar-refractivity contribution is 0.327. The molecular weight excluding hydrogens is 368 g/mol. The number of aryl methyl sites for hydroxylation is 1. The molecule has 1 aliphatic rings. The molecule has 3 rings (SSSR count). The maximum absolute atomic E-state index is 13.1. The summed E-state index contributed by atoms with van der Waals surface area (Å²) < 4.78 is 34.2. The molecule has 0 saturated heterocycles. The van der Waals surface area contributed by atoms with Gasteiger partial charge in [0.2, 0.25) is 10.0 Å². The highest BCUT2D eigenvalue weighted by molar-refractivity contribution is 7.89. The molecule has 1 aromatic heterocycles. The number of hydrogen-bond acceptors (Lipinski definition) is 5. The molecule has 25 heavy (non-hydrogen) atoms. The van der Waals surface area contributed by atoms with E-state index in [0.29, 0.717) is 36.7 Å². The highest BCUT2D eigenvalue weighted by atomic mass is 35.5. The van der Waals surface area contributed by atoms with Gasteiger partial charge in [-0.3, -0.25) is 4.57 Å². The highest BCUT2D eigenvalue weighted by Crippen LogP contribution is 2.31. The number of nitrogens with zero attached hydrogens (tertiary/aromatic N) is 3. The zero-order chi connectivity index (χ0) is 18.2. The minimum Gasteiger partial charge on any atom is -0.495 e. The Hall–Kier alpha value is -1.84. The monoisotopic (exact) mass is 386 g/mol. The number of rotatable bonds is 4. The van der Waals surface area contributed by atoms with Gasteiger partial charge in [0, 0.05) is 31.1 Å². The van der Waals surface area contributed by atoms with E-state index in [9.17, 15) is 13.2 Å². The van der Waals surface area contributed by atoms with Crippen molar-refractivity contribution in [1.82, 2.24) is 19.1 Å². The lowest BCUT2D eigenvalue weighted by atomic mass is 10.1. The topological polar surface area (TPSA) is 97.3 Å². The van der Waals surface area contributed by atoms with Crippen LogP contribution in [0.3, 0.4) is 0 Å². The first kappa shape index (κ1) is 18.0. The number of aromatic nitrogens is 3. The zero-order valence-electron chi connectivity index (χ0n) is 13.9. The Labute approximate surface area is 150 Å². The Morgan fingerprint density at radius 2 is 2.16 bits per heavy atom. The average Bonchev–Trinajstić information content (AvgIpc) is 2.81. The third kappa shape index (κ3) is 3.31. The molecule has 8 nitrogen and oxygen atoms in total. The first-order valence-electron chi connectivity index (χ1n) is 7.80. The summed E-state index contributed by atoms with van der Waals surface area (Å²) in [5, 5.41) is 6.73. The molecular formula is C15H19ClN4O4S. The molecule has 2 aromatic rings. The van der Waals surface area contributed by atoms with E-state index in [2.05, 4.69) is 10.2 Å². The summed E-state index contributed by atoms with van der Waals surface area (Å²) in [7, 11) is -0.836. The summed E-state index contributed by atoms with van der Waals surface area (Å²) in [4.78, 5) is 11.7. The summed E-state index contributed by atoms with van der Waals surface area (Å²) in [6, 6.07) is 4.25. The molecule has 0 saturated carbocycles. The van der Waals surface area contributed by atoms with Crippen LogP contribution in [-0.2, 0) is 23.0 Å². The maximum Gasteiger partial charge on any atom is 0.343 e. The van der Waals surface area contributed by atoms with Crippen molar-refractivity contribution in [3.8, 4) is 5.75 Å². The molecule has 10 heteroatoms. The van der Waals surface area contributed by atoms with Gasteiger partial charge in [0.05, 0.1) is 7.11 Å². The first-order chi connectivity index (χ1) is 11.8. The van der Waals surface area contributed by atoms with Gasteiger partial charge in [-0.1, -0.05) is 11.6 Å². The molecule has 2 heterocycles. The van der Waals surface area contributed by atoms with Crippen molar-refractivity contribution in [1.29, 1.82) is 0 Å². The Bertz CT molecular complexity index is 937. The van der Waals surface area contributed by atoms with Crippen LogP contribution in [0.2, 0.25) is 5.02 Å². The van der Waals surface area contributed by atoms with Gasteiger partial charge in [-0.2, -0.15) is 9.40 Å². The van der Waals surface area contributed by atoms with E-state index in [1.807, 2.05) is 0 Å². The molecule has 0 unspecified atom stereocenters. The Morgan fingerprint density at radius 3 is 2.88 bits per heavy atom. The van der Waals surface area contributed by atoms with E-state index in [1.165, 1.54) is 23.5 Å². The summed E-state index contributed by atoms with van der Waals surface area (Å²) in [5.74, 6) is 0.896. The van der Waals surface area contributed by atoms with Crippen molar-refractivity contribution < 1.29 is 13.2 Å². The van der Waals surface area contributed by atoms with Crippen LogP contribution < -0.4 is 10.4 Å². The molecule has 136 valence electrons. The van der Waals surface area contributed by atoms with Crippen LogP contribution in [0.4, 0.5) is 0 Å². The number of fused-ring (bicyclic) bond motifs is 1. The number of halogens is 1. The number of nitrogens with one attached hydrogen (secondary N) is 1. The Kier molecular flexibility index (Phi) is 4.90. The molecule has 0 aliphatic carbocycles. The molecule has 0 spiro atoms. The van der Waals surface area contributed by atoms with E-state index >= 15 is 0 Å². The van der Waals surface area contributed by atoms with Gasteiger partial charge < -0.3 is 4.74 Å². The number of ether oxygens (including phenoxy) is 1. The second-order valence-electron chi connectivity index (χ2n) is 5.89. The normalized spacial score (nSPS) is 18.0. The van der Waals surface area contributed by atoms with Crippen LogP contribution in [0.15, 0.2) is 27.9 Å². The third-order valence-electron chi connectivity index (χ3n) is 4.52. The van der Waals surface area contributed by atoms with Crippen LogP contribution in [0.5, 0.6) is 5.75 Å². The third-order valence-corrected chi connectivity index (χ3v) is 6.69. The Balaban J connectivity index is 1.89. The second-order valence-corrected chi connectivity index (χ2v) is 8.30. The van der Waals surface area contributed by atoms with Gasteiger partial charge in [-0.05, 0) is 31.0 Å². The number of H-pyrrole nitrogens is 1. The number of methoxy groups -OCH3 is 1. The highest BCUT2D eigenvalue weighted by Gasteiger charge is 2.32. The van der Waals surface area contributed by atoms with Gasteiger partial charge in [0.25, 0.3) is 0 Å². The molecule has 1 N–H and O–H groups in total. The summed E-state index contributed by atoms with van der Waals surface area (Å²) in [6.07, 6.45) is 1.61. The van der Waals surface area contributed by atoms with Crippen LogP contribution in [0.25, 0.3) is 0 Å². The molecule has 1 aromatic carbocycles. The SMILES string of the molecule is COc1ccc(Cl)cc1S(=O)(=O)N(C)[C@H]1CCc2n[nH]c(=O)n2CC1. The van der Waals surface area contributed by atoms with E-state index in [0.717, 1.165) is 0 Å². The van der Waals surface area contributed by atoms with Gasteiger partial charge in [0.15, 0.2) is 0 Å². The second kappa shape index (κ2) is 6.81. The van der Waals surface area contributed by atoms with Crippen molar-refractivity contribution in [2.45, 2.75) is 36.7 Å². The minimum atomic E-state index is -3.79. The van der Waals surface area contributed by atoms with Crippen molar-refractivity contribution >= 4 is 21.6 Å². The number of benzene rings is 1. The fourth-order valence-electron chi connectivity index (χ4n) is 3.06. The number of aromatic amines is 1. The fraction of sp³-hybridized carbons (Fsp3) is 0.467. The summed E-state index contributed by atoms with van der Waals surface area (Å²) in [5.41, 5.74) is -0.266. The van der Waals surface area contributed by atoms with Crippen molar-refractivity contribution in [2.24, 2.45) is 0 Å². The predicted molar refractivity (Wildman–Crippen MR) is 92.5 cm³/mol. The minimum absolute atomic E-state index is 0.0323. The van der Waals surface area contributed by atoms with Gasteiger partial charge in [-0.25, -0.2) is 18.3 Å². The lowest BCUT2D eigenvalue weighted by Crippen LogP contribution is -2.37. The van der Waals surface area contributed by atoms with Crippen LogP contribution in [0, 0.1) is 0 Å². The molecule has 0 fully saturated rings. The molecule has 0 amide bonds. The molecule has 1 aliphatic heterocycles. The van der Waals surface area contributed by atoms with E-state index in [1.54, 1.807) is 17.7 Å². The van der Waals surface area contributed by atoms with E-state index < -0.39 is 10.0 Å². The predicted octanol–water partition coefficient (Wildman–Crippen LogP) is 1.26. The Morgan fingerprint density at radius 1 is 1.40 bits per heavy atom. The van der Waals surface area contributed by atoms with Crippen LogP contribution >= 0.6 is 11.6 Å². The largest absolute Gasteiger partial charge is 0.495 e. The quantitative estimate of drug-likeness (QED) is 0.853. The van der Waals surface area contributed by atoms with Gasteiger partial charge in [0.1, 0.15) is 16.5 Å². The number of hydrogen-bond donors (Lipinski definition) is 1. The summed E-state index contributed by atoms with van der Waals surface area (Å²) >= 11 is 5.97. The van der Waals surface area contributed by atoms with Gasteiger partial charge in [-0.15, -0.1) is 0 Å². The van der Waals surface area contributed by atoms with Crippen molar-refractivity contribution in [2.75, 3.05) is 14.2 Å². The molecule has 0 radical (unpaired) electrons. The fourth-order valence-corrected chi connectivity index (χ4v) is 4.89. The first-order valence-corrected chi connectivity index (χ1v) is 9.62. The van der Waals surface area contributed by atoms with E-state index in [-0.39, 0.29) is 22.4 Å². The van der Waals surface area contributed by atoms with Crippen LogP contribution in [0.1, 0.15) is 18.7 Å². The molecule has 1 atom stereocenters. The standard InChI is InChI=1S/C15H19ClN4O4S/c1-19(11-4-6-14-17-18-15(21)20(14)8-7-11)25(22,23)13-9-10(16)3-5-12(13)24-2/h3,5,9,11H,4,6-8H2,1-2H3,(H,18,21)/t11-/m0/s1. The van der Waals surface area contributed by atoms with Gasteiger partial charge >= 0.3 is 5.69 Å². The lowest BCUT2D eigenvalue weighted by Gasteiger charge is -2.27. The van der Waals surface area contributed by atoms with Crippen LogP contribution in [-0.4, -0.2) is 47.7 Å². The summed E-state index contributed by atoms with van der Waals surface area (Å²) in [6.45, 7) is 0.419. The zero-order valence-corrected chi connectivity index (χ0v) is 15.5.